The summed E-state index contributed by atoms with van der Waals surface area (Å²) in [4.78, 5) is 28.8. The largest absolute Gasteiger partial charge is 0.504 e. The number of phenols is 1. The molecule has 174 valence electrons. The normalized spacial score (nSPS) is 15.2. The Morgan fingerprint density at radius 1 is 1.18 bits per heavy atom. The van der Waals surface area contributed by atoms with Gasteiger partial charge in [-0.2, -0.15) is 0 Å². The summed E-state index contributed by atoms with van der Waals surface area (Å²) in [5.74, 6) is -0.259. The Kier molecular flexibility index (Phi) is 5.86. The van der Waals surface area contributed by atoms with E-state index in [1.54, 1.807) is 30.3 Å². The SMILES string of the molecule is CCCc1nnc(N2C(=O)c3oc4ccc(Br)cc4c(=O)c3C2c2ccc(O)c(OCC)c2)s1. The molecule has 2 aromatic carbocycles. The van der Waals surface area contributed by atoms with Crippen LogP contribution in [-0.2, 0) is 6.42 Å². The van der Waals surface area contributed by atoms with Gasteiger partial charge in [-0.15, -0.1) is 10.2 Å². The second-order valence-corrected chi connectivity index (χ2v) is 9.74. The van der Waals surface area contributed by atoms with Crippen LogP contribution in [0.3, 0.4) is 0 Å². The maximum atomic E-state index is 13.7. The fourth-order valence-corrected chi connectivity index (χ4v) is 5.41. The van der Waals surface area contributed by atoms with E-state index in [0.29, 0.717) is 28.3 Å². The molecule has 0 spiro atoms. The van der Waals surface area contributed by atoms with Crippen LogP contribution >= 0.6 is 27.3 Å². The van der Waals surface area contributed by atoms with Crippen LogP contribution in [0.25, 0.3) is 11.0 Å². The van der Waals surface area contributed by atoms with Gasteiger partial charge in [-0.05, 0) is 49.2 Å². The molecule has 34 heavy (non-hydrogen) atoms. The Balaban J connectivity index is 1.76. The molecule has 0 fully saturated rings. The zero-order valence-corrected chi connectivity index (χ0v) is 20.8. The molecular formula is C24H20BrN3O5S. The van der Waals surface area contributed by atoms with Crippen molar-refractivity contribution < 1.29 is 19.1 Å². The number of aryl methyl sites for hydroxylation is 1. The molecular weight excluding hydrogens is 522 g/mol. The van der Waals surface area contributed by atoms with Crippen LogP contribution in [-0.4, -0.2) is 27.8 Å². The number of rotatable bonds is 6. The van der Waals surface area contributed by atoms with E-state index in [1.807, 2.05) is 13.8 Å². The maximum absolute atomic E-state index is 13.7. The molecule has 1 amide bonds. The van der Waals surface area contributed by atoms with E-state index in [1.165, 1.54) is 22.3 Å². The molecule has 1 aliphatic rings. The number of hydrogen-bond acceptors (Lipinski definition) is 8. The number of amides is 1. The minimum absolute atomic E-state index is 0.0249. The molecule has 0 radical (unpaired) electrons. The number of carbonyl (C=O) groups excluding carboxylic acids is 1. The molecule has 1 unspecified atom stereocenters. The molecule has 1 aliphatic heterocycles. The van der Waals surface area contributed by atoms with Gasteiger partial charge in [0.15, 0.2) is 16.9 Å². The lowest BCUT2D eigenvalue weighted by Gasteiger charge is -2.22. The molecule has 0 saturated carbocycles. The number of phenolic OH excluding ortho intramolecular Hbond substituents is 1. The Hall–Kier alpha value is -3.24. The first-order chi connectivity index (χ1) is 16.4. The molecule has 10 heteroatoms. The van der Waals surface area contributed by atoms with Crippen LogP contribution in [0.4, 0.5) is 5.13 Å². The van der Waals surface area contributed by atoms with Crippen LogP contribution in [0.2, 0.25) is 0 Å². The van der Waals surface area contributed by atoms with E-state index in [9.17, 15) is 14.7 Å². The minimum Gasteiger partial charge on any atom is -0.504 e. The Morgan fingerprint density at radius 3 is 2.76 bits per heavy atom. The monoisotopic (exact) mass is 541 g/mol. The van der Waals surface area contributed by atoms with Crippen molar-refractivity contribution in [3.63, 3.8) is 0 Å². The number of halogens is 1. The van der Waals surface area contributed by atoms with Gasteiger partial charge in [0, 0.05) is 10.9 Å². The lowest BCUT2D eigenvalue weighted by atomic mass is 9.98. The van der Waals surface area contributed by atoms with E-state index in [2.05, 4.69) is 26.1 Å². The highest BCUT2D eigenvalue weighted by molar-refractivity contribution is 9.10. The number of carbonyl (C=O) groups is 1. The quantitative estimate of drug-likeness (QED) is 0.357. The van der Waals surface area contributed by atoms with Crippen molar-refractivity contribution in [2.45, 2.75) is 32.7 Å². The standard InChI is InChI=1S/C24H20BrN3O5S/c1-3-5-18-26-27-24(34-18)28-20(12-6-8-15(29)17(10-12)32-4-2)19-21(30)14-11-13(25)7-9-16(14)33-22(19)23(28)31/h6-11,20,29H,3-5H2,1-2H3. The Morgan fingerprint density at radius 2 is 2.00 bits per heavy atom. The summed E-state index contributed by atoms with van der Waals surface area (Å²) in [7, 11) is 0. The van der Waals surface area contributed by atoms with Gasteiger partial charge in [0.25, 0.3) is 5.91 Å². The summed E-state index contributed by atoms with van der Waals surface area (Å²) in [5.41, 5.74) is 0.825. The fourth-order valence-electron chi connectivity index (χ4n) is 4.09. The van der Waals surface area contributed by atoms with Gasteiger partial charge < -0.3 is 14.3 Å². The van der Waals surface area contributed by atoms with Gasteiger partial charge in [0.1, 0.15) is 10.6 Å². The summed E-state index contributed by atoms with van der Waals surface area (Å²) in [5, 5.41) is 20.2. The minimum atomic E-state index is -0.815. The van der Waals surface area contributed by atoms with Gasteiger partial charge in [-0.3, -0.25) is 14.5 Å². The number of fused-ring (bicyclic) bond motifs is 2. The van der Waals surface area contributed by atoms with Crippen molar-refractivity contribution >= 4 is 49.3 Å². The summed E-state index contributed by atoms with van der Waals surface area (Å²) in [6.45, 7) is 4.19. The molecule has 3 heterocycles. The molecule has 0 saturated heterocycles. The summed E-state index contributed by atoms with van der Waals surface area (Å²) in [6.07, 6.45) is 1.63. The summed E-state index contributed by atoms with van der Waals surface area (Å²) < 4.78 is 12.3. The fraction of sp³-hybridized carbons (Fsp3) is 0.250. The summed E-state index contributed by atoms with van der Waals surface area (Å²) in [6, 6.07) is 9.06. The number of nitrogens with zero attached hydrogens (tertiary/aromatic N) is 3. The van der Waals surface area contributed by atoms with Crippen molar-refractivity contribution in [2.75, 3.05) is 11.5 Å². The molecule has 8 nitrogen and oxygen atoms in total. The smallest absolute Gasteiger partial charge is 0.297 e. The number of anilines is 1. The average molecular weight is 542 g/mol. The van der Waals surface area contributed by atoms with Crippen molar-refractivity contribution in [3.05, 3.63) is 73.0 Å². The number of aromatic hydroxyl groups is 1. The van der Waals surface area contributed by atoms with Crippen molar-refractivity contribution in [1.29, 1.82) is 0 Å². The Labute approximate surface area is 206 Å². The highest BCUT2D eigenvalue weighted by Crippen LogP contribution is 2.44. The van der Waals surface area contributed by atoms with Crippen molar-refractivity contribution in [1.82, 2.24) is 10.2 Å². The Bertz CT molecular complexity index is 1480. The predicted molar refractivity (Wildman–Crippen MR) is 132 cm³/mol. The lowest BCUT2D eigenvalue weighted by Crippen LogP contribution is -2.29. The first-order valence-corrected chi connectivity index (χ1v) is 12.4. The molecule has 1 N–H and O–H groups in total. The second-order valence-electron chi connectivity index (χ2n) is 7.78. The number of hydrogen-bond donors (Lipinski definition) is 1. The number of ether oxygens (including phenoxy) is 1. The molecule has 1 atom stereocenters. The zero-order valence-electron chi connectivity index (χ0n) is 18.4. The van der Waals surface area contributed by atoms with Crippen LogP contribution in [0.5, 0.6) is 11.5 Å². The van der Waals surface area contributed by atoms with Gasteiger partial charge >= 0.3 is 0 Å². The van der Waals surface area contributed by atoms with Crippen LogP contribution < -0.4 is 15.1 Å². The van der Waals surface area contributed by atoms with E-state index in [0.717, 1.165) is 22.3 Å². The third-order valence-electron chi connectivity index (χ3n) is 5.56. The molecule has 2 aromatic heterocycles. The van der Waals surface area contributed by atoms with Gasteiger partial charge in [0.2, 0.25) is 10.9 Å². The topological polar surface area (TPSA) is 106 Å². The van der Waals surface area contributed by atoms with Crippen LogP contribution in [0.15, 0.2) is 50.1 Å². The number of benzene rings is 2. The van der Waals surface area contributed by atoms with Gasteiger partial charge in [-0.1, -0.05) is 40.3 Å². The molecule has 4 aromatic rings. The summed E-state index contributed by atoms with van der Waals surface area (Å²) >= 11 is 4.71. The van der Waals surface area contributed by atoms with E-state index >= 15 is 0 Å². The van der Waals surface area contributed by atoms with E-state index in [4.69, 9.17) is 9.15 Å². The third-order valence-corrected chi connectivity index (χ3v) is 7.03. The van der Waals surface area contributed by atoms with Crippen molar-refractivity contribution in [2.24, 2.45) is 0 Å². The zero-order chi connectivity index (χ0) is 24.0. The third kappa shape index (κ3) is 3.67. The second kappa shape index (κ2) is 8.84. The lowest BCUT2D eigenvalue weighted by molar-refractivity contribution is 0.0970. The van der Waals surface area contributed by atoms with Crippen LogP contribution in [0.1, 0.15) is 53.0 Å². The highest BCUT2D eigenvalue weighted by Gasteiger charge is 2.45. The molecule has 0 bridgehead atoms. The highest BCUT2D eigenvalue weighted by atomic mass is 79.9. The molecule has 0 aliphatic carbocycles. The van der Waals surface area contributed by atoms with Gasteiger partial charge in [-0.25, -0.2) is 0 Å². The maximum Gasteiger partial charge on any atom is 0.297 e. The van der Waals surface area contributed by atoms with Crippen LogP contribution in [0, 0.1) is 0 Å². The average Bonchev–Trinajstić information content (AvgIpc) is 3.39. The number of aromatic nitrogens is 2. The first kappa shape index (κ1) is 22.5. The van der Waals surface area contributed by atoms with E-state index < -0.39 is 11.9 Å². The van der Waals surface area contributed by atoms with E-state index in [-0.39, 0.29) is 28.3 Å². The van der Waals surface area contributed by atoms with Gasteiger partial charge in [0.05, 0.1) is 23.6 Å². The van der Waals surface area contributed by atoms with Crippen molar-refractivity contribution in [3.8, 4) is 11.5 Å². The predicted octanol–water partition coefficient (Wildman–Crippen LogP) is 5.21. The first-order valence-electron chi connectivity index (χ1n) is 10.8. The molecule has 5 rings (SSSR count).